The smallest absolute Gasteiger partial charge is 0.136 e. The van der Waals surface area contributed by atoms with Gasteiger partial charge in [0.05, 0.1) is 5.41 Å². The minimum Gasteiger partial charge on any atom is -0.456 e. The van der Waals surface area contributed by atoms with Crippen LogP contribution in [0.4, 0.5) is 5.69 Å². The van der Waals surface area contributed by atoms with Gasteiger partial charge in [-0.1, -0.05) is 183 Å². The lowest BCUT2D eigenvalue weighted by molar-refractivity contribution is 0.669. The molecule has 13 rings (SSSR count). The van der Waals surface area contributed by atoms with Gasteiger partial charge in [0, 0.05) is 48.5 Å². The van der Waals surface area contributed by atoms with Crippen LogP contribution < -0.4 is 4.90 Å². The topological polar surface area (TPSA) is 16.4 Å². The molecule has 0 saturated carbocycles. The van der Waals surface area contributed by atoms with Crippen LogP contribution in [0.15, 0.2) is 247 Å². The molecule has 3 heteroatoms. The van der Waals surface area contributed by atoms with Crippen molar-refractivity contribution < 1.29 is 4.42 Å². The first-order valence-electron chi connectivity index (χ1n) is 23.5. The SMILES string of the molecule is C=C/C=C\C(=C\c1ccc2oc3cc4ccccc4cc3c2c1)N(/C=C/CCC1=Cc2ccccc2C12c1ccccc1-c1ccccc12)c1ccc(-c2cccc3c2sc2ccccc23)cc1. The summed E-state index contributed by atoms with van der Waals surface area (Å²) < 4.78 is 9.05. The second-order valence-corrected chi connectivity index (χ2v) is 19.0. The van der Waals surface area contributed by atoms with Gasteiger partial charge in [-0.3, -0.25) is 0 Å². The lowest BCUT2D eigenvalue weighted by Crippen LogP contribution is -2.27. The van der Waals surface area contributed by atoms with Gasteiger partial charge in [0.2, 0.25) is 0 Å². The van der Waals surface area contributed by atoms with Crippen molar-refractivity contribution in [2.24, 2.45) is 0 Å². The second-order valence-electron chi connectivity index (χ2n) is 17.9. The van der Waals surface area contributed by atoms with E-state index in [1.807, 2.05) is 23.5 Å². The highest BCUT2D eigenvalue weighted by Gasteiger charge is 2.49. The van der Waals surface area contributed by atoms with Crippen molar-refractivity contribution in [1.29, 1.82) is 0 Å². The van der Waals surface area contributed by atoms with Gasteiger partial charge in [-0.2, -0.15) is 0 Å². The first-order valence-corrected chi connectivity index (χ1v) is 24.3. The molecular weight excluding hydrogens is 843 g/mol. The Bertz CT molecular complexity index is 3900. The number of anilines is 1. The van der Waals surface area contributed by atoms with Crippen LogP contribution in [0.1, 0.15) is 40.7 Å². The van der Waals surface area contributed by atoms with E-state index in [2.05, 4.69) is 236 Å². The highest BCUT2D eigenvalue weighted by molar-refractivity contribution is 7.26. The van der Waals surface area contributed by atoms with Gasteiger partial charge in [0.25, 0.3) is 0 Å². The molecule has 0 radical (unpaired) electrons. The van der Waals surface area contributed by atoms with Crippen LogP contribution in [0.25, 0.3) is 87.3 Å². The number of hydrogen-bond acceptors (Lipinski definition) is 3. The summed E-state index contributed by atoms with van der Waals surface area (Å²) in [6, 6.07) is 71.0. The zero-order valence-corrected chi connectivity index (χ0v) is 38.2. The van der Waals surface area contributed by atoms with E-state index in [1.165, 1.54) is 81.0 Å². The molecule has 0 aliphatic heterocycles. The Balaban J connectivity index is 0.902. The summed E-state index contributed by atoms with van der Waals surface area (Å²) in [6.07, 6.45) is 17.2. The van der Waals surface area contributed by atoms with E-state index in [4.69, 9.17) is 4.42 Å². The summed E-state index contributed by atoms with van der Waals surface area (Å²) in [7, 11) is 0. The molecule has 0 unspecified atom stereocenters. The average molecular weight is 888 g/mol. The third kappa shape index (κ3) is 6.38. The summed E-state index contributed by atoms with van der Waals surface area (Å²) in [5, 5.41) is 7.21. The summed E-state index contributed by atoms with van der Waals surface area (Å²) >= 11 is 1.87. The van der Waals surface area contributed by atoms with E-state index < -0.39 is 0 Å². The molecule has 2 aliphatic carbocycles. The first-order chi connectivity index (χ1) is 33.7. The molecule has 2 aliphatic rings. The Labute approximate surface area is 400 Å². The van der Waals surface area contributed by atoms with Crippen LogP contribution in [-0.2, 0) is 5.41 Å². The Morgan fingerprint density at radius 1 is 0.588 bits per heavy atom. The molecule has 0 bridgehead atoms. The van der Waals surface area contributed by atoms with Crippen molar-refractivity contribution in [3.63, 3.8) is 0 Å². The normalized spacial score (nSPS) is 13.9. The first kappa shape index (κ1) is 40.1. The summed E-state index contributed by atoms with van der Waals surface area (Å²) in [5.41, 5.74) is 16.6. The van der Waals surface area contributed by atoms with Crippen LogP contribution >= 0.6 is 11.3 Å². The van der Waals surface area contributed by atoms with Gasteiger partial charge in [0.15, 0.2) is 0 Å². The highest BCUT2D eigenvalue weighted by atomic mass is 32.1. The molecular formula is C65H45NOS. The minimum atomic E-state index is -0.315. The third-order valence-electron chi connectivity index (χ3n) is 14.2. The van der Waals surface area contributed by atoms with Crippen LogP contribution in [0.3, 0.4) is 0 Å². The number of benzene rings is 9. The zero-order chi connectivity index (χ0) is 45.2. The van der Waals surface area contributed by atoms with Crippen molar-refractivity contribution >= 4 is 82.1 Å². The maximum atomic E-state index is 6.42. The minimum absolute atomic E-state index is 0.315. The zero-order valence-electron chi connectivity index (χ0n) is 37.4. The maximum Gasteiger partial charge on any atom is 0.136 e. The molecule has 2 aromatic heterocycles. The van der Waals surface area contributed by atoms with Gasteiger partial charge in [-0.15, -0.1) is 11.3 Å². The Morgan fingerprint density at radius 3 is 2.07 bits per heavy atom. The number of allylic oxidation sites excluding steroid dienone is 5. The number of hydrogen-bond donors (Lipinski definition) is 0. The van der Waals surface area contributed by atoms with Crippen LogP contribution in [0, 0.1) is 0 Å². The van der Waals surface area contributed by atoms with Crippen molar-refractivity contribution in [3.8, 4) is 22.3 Å². The third-order valence-corrected chi connectivity index (χ3v) is 15.4. The average Bonchev–Trinajstić information content (AvgIpc) is 4.13. The van der Waals surface area contributed by atoms with E-state index in [0.29, 0.717) is 0 Å². The highest BCUT2D eigenvalue weighted by Crippen LogP contribution is 2.60. The molecule has 322 valence electrons. The van der Waals surface area contributed by atoms with Crippen molar-refractivity contribution in [2.45, 2.75) is 18.3 Å². The molecule has 1 spiro atoms. The number of furan rings is 1. The maximum absolute atomic E-state index is 6.42. The molecule has 0 fully saturated rings. The predicted molar refractivity (Wildman–Crippen MR) is 290 cm³/mol. The molecule has 2 heterocycles. The van der Waals surface area contributed by atoms with E-state index >= 15 is 0 Å². The Kier molecular flexibility index (Phi) is 9.59. The molecule has 0 amide bonds. The van der Waals surface area contributed by atoms with Crippen molar-refractivity contribution in [1.82, 2.24) is 0 Å². The van der Waals surface area contributed by atoms with E-state index in [9.17, 15) is 0 Å². The molecule has 9 aromatic carbocycles. The van der Waals surface area contributed by atoms with E-state index in [1.54, 1.807) is 0 Å². The van der Waals surface area contributed by atoms with Gasteiger partial charge >= 0.3 is 0 Å². The van der Waals surface area contributed by atoms with E-state index in [0.717, 1.165) is 51.7 Å². The Hall–Kier alpha value is -8.24. The number of thiophene rings is 1. The fraction of sp³-hybridized carbons (Fsp3) is 0.0462. The summed E-state index contributed by atoms with van der Waals surface area (Å²) in [5.74, 6) is 0. The summed E-state index contributed by atoms with van der Waals surface area (Å²) in [4.78, 5) is 2.32. The largest absolute Gasteiger partial charge is 0.456 e. The molecule has 0 saturated heterocycles. The van der Waals surface area contributed by atoms with E-state index in [-0.39, 0.29) is 5.41 Å². The van der Waals surface area contributed by atoms with Crippen molar-refractivity contribution in [2.75, 3.05) is 4.90 Å². The number of rotatable bonds is 10. The van der Waals surface area contributed by atoms with Gasteiger partial charge in [-0.05, 0) is 134 Å². The molecule has 68 heavy (non-hydrogen) atoms. The molecule has 0 N–H and O–H groups in total. The quantitative estimate of drug-likeness (QED) is 0.127. The Morgan fingerprint density at radius 2 is 1.26 bits per heavy atom. The van der Waals surface area contributed by atoms with Crippen LogP contribution in [0.2, 0.25) is 0 Å². The fourth-order valence-corrected chi connectivity index (χ4v) is 12.4. The molecule has 11 aromatic rings. The number of fused-ring (bicyclic) bond motifs is 14. The fourth-order valence-electron chi connectivity index (χ4n) is 11.2. The lowest BCUT2D eigenvalue weighted by Gasteiger charge is -2.32. The number of nitrogens with zero attached hydrogens (tertiary/aromatic N) is 1. The van der Waals surface area contributed by atoms with Gasteiger partial charge < -0.3 is 9.32 Å². The summed E-state index contributed by atoms with van der Waals surface area (Å²) in [6.45, 7) is 4.09. The molecule has 0 atom stereocenters. The standard InChI is InChI=1S/C65H45NOS/c1-2-3-21-50(38-43-31-36-61-56(39-43)57-41-45-17-4-5-18-46(45)42-62(57)67-61)66(49-34-32-44(33-35-49)51-25-16-26-55-54-24-9-13-30-63(54)68-64(51)55)37-15-14-20-48-40-47-19-6-10-27-58(47)65(48)59-28-11-7-22-52(59)53-23-8-12-29-60(53)65/h2-13,15-19,21-42H,1,14,20H2/b21-3-,37-15+,50-38-. The van der Waals surface area contributed by atoms with Gasteiger partial charge in [-0.25, -0.2) is 0 Å². The predicted octanol–water partition coefficient (Wildman–Crippen LogP) is 18.1. The van der Waals surface area contributed by atoms with Crippen LogP contribution in [0.5, 0.6) is 0 Å². The molecule has 2 nitrogen and oxygen atoms in total. The monoisotopic (exact) mass is 887 g/mol. The van der Waals surface area contributed by atoms with Crippen molar-refractivity contribution in [3.05, 3.63) is 270 Å². The second kappa shape index (κ2) is 16.3. The van der Waals surface area contributed by atoms with Crippen LogP contribution in [-0.4, -0.2) is 0 Å². The lowest BCUT2D eigenvalue weighted by atomic mass is 9.69. The van der Waals surface area contributed by atoms with Gasteiger partial charge in [0.1, 0.15) is 11.2 Å².